The van der Waals surface area contributed by atoms with Gasteiger partial charge in [-0.1, -0.05) is 76.2 Å². The van der Waals surface area contributed by atoms with Crippen LogP contribution < -0.4 is 32.3 Å². The van der Waals surface area contributed by atoms with E-state index in [4.69, 9.17) is 10.8 Å². The molecule has 0 heterocycles. The molecule has 0 saturated heterocycles. The Balaban J connectivity index is 1.56. The molecule has 0 bridgehead atoms. The summed E-state index contributed by atoms with van der Waals surface area (Å²) in [5.41, 5.74) is 5.77. The van der Waals surface area contributed by atoms with Gasteiger partial charge in [0.2, 0.25) is 11.8 Å². The highest BCUT2D eigenvalue weighted by Gasteiger charge is 2.44. The maximum Gasteiger partial charge on any atom is 0.322 e. The number of nitrogens with two attached hydrogens (primary N) is 1. The molecule has 0 aromatic heterocycles. The normalized spacial score (nSPS) is 11.9. The second-order valence-electron chi connectivity index (χ2n) is 8.51. The third kappa shape index (κ3) is 8.60. The van der Waals surface area contributed by atoms with E-state index in [-0.39, 0.29) is 17.4 Å². The lowest BCUT2D eigenvalue weighted by atomic mass is 10.3. The van der Waals surface area contributed by atoms with Crippen LogP contribution in [0.25, 0.3) is 0 Å². The van der Waals surface area contributed by atoms with Gasteiger partial charge in [-0.15, -0.1) is 0 Å². The number of aliphatic carboxylic acids is 1. The molecule has 0 fully saturated rings. The van der Waals surface area contributed by atoms with Gasteiger partial charge in [0.1, 0.15) is 29.7 Å². The molecule has 3 aromatic carbocycles. The number of hydrogen-bond acceptors (Lipinski definition) is 6. The molecular weight excluding hydrogens is 537 g/mol. The van der Waals surface area contributed by atoms with Crippen LogP contribution in [0.15, 0.2) is 91.0 Å². The first-order chi connectivity index (χ1) is 18.4. The molecule has 0 unspecified atom stereocenters. The second-order valence-corrected chi connectivity index (χ2v) is 14.6. The van der Waals surface area contributed by atoms with Crippen LogP contribution in [0.4, 0.5) is 0 Å². The number of nitrogens with one attached hydrogen (secondary N) is 2. The van der Waals surface area contributed by atoms with Crippen molar-refractivity contribution in [3.63, 3.8) is 0 Å². The van der Waals surface area contributed by atoms with Crippen LogP contribution >= 0.6 is 28.9 Å². The smallest absolute Gasteiger partial charge is 0.322 e. The number of rotatable bonds is 15. The molecule has 38 heavy (non-hydrogen) atoms. The molecular formula is C28H33N3O4PS2+. The first kappa shape index (κ1) is 29.7. The highest BCUT2D eigenvalue weighted by atomic mass is 33.1. The number of carbonyl (C=O) groups excluding carboxylic acids is 2. The molecule has 0 spiro atoms. The maximum absolute atomic E-state index is 12.4. The van der Waals surface area contributed by atoms with E-state index in [0.29, 0.717) is 6.54 Å². The number of hydrogen-bond donors (Lipinski definition) is 4. The molecule has 2 amide bonds. The predicted molar refractivity (Wildman–Crippen MR) is 161 cm³/mol. The topological polar surface area (TPSA) is 122 Å². The Morgan fingerprint density at radius 1 is 0.789 bits per heavy atom. The Hall–Kier alpha value is -2.84. The standard InChI is InChI=1S/C28H32N3O4PS2/c29-25(28(35)31-19-27(33)34)20-37-38-21-26(32)30-17-10-18-36(22-11-4-1-5-12-22,23-13-6-2-7-14-23)24-15-8-3-9-16-24/h1-9,11-16,25H,10,17-21,29H2,(H2-,30,31,32,33,34,35)/p+1/t25-/m0/s1. The minimum absolute atomic E-state index is 0.0746. The van der Waals surface area contributed by atoms with Crippen LogP contribution in [0, 0.1) is 0 Å². The molecule has 200 valence electrons. The molecule has 1 atom stereocenters. The third-order valence-electron chi connectivity index (χ3n) is 5.85. The fraction of sp³-hybridized carbons (Fsp3) is 0.250. The van der Waals surface area contributed by atoms with E-state index >= 15 is 0 Å². The molecule has 0 aliphatic rings. The first-order valence-electron chi connectivity index (χ1n) is 12.2. The van der Waals surface area contributed by atoms with Gasteiger partial charge in [0.15, 0.2) is 0 Å². The molecule has 10 heteroatoms. The summed E-state index contributed by atoms with van der Waals surface area (Å²) in [7, 11) is 0.716. The van der Waals surface area contributed by atoms with Crippen molar-refractivity contribution >= 4 is 62.5 Å². The minimum Gasteiger partial charge on any atom is -0.480 e. The lowest BCUT2D eigenvalue weighted by Gasteiger charge is -2.27. The van der Waals surface area contributed by atoms with Crippen molar-refractivity contribution in [2.45, 2.75) is 12.5 Å². The van der Waals surface area contributed by atoms with E-state index in [1.54, 1.807) is 0 Å². The number of benzene rings is 3. The van der Waals surface area contributed by atoms with Gasteiger partial charge in [0.25, 0.3) is 0 Å². The second kappa shape index (κ2) is 15.5. The molecule has 7 nitrogen and oxygen atoms in total. The summed E-state index contributed by atoms with van der Waals surface area (Å²) in [6, 6.07) is 31.1. The largest absolute Gasteiger partial charge is 0.480 e. The summed E-state index contributed by atoms with van der Waals surface area (Å²) in [4.78, 5) is 34.7. The van der Waals surface area contributed by atoms with Gasteiger partial charge < -0.3 is 21.5 Å². The van der Waals surface area contributed by atoms with Crippen molar-refractivity contribution in [2.24, 2.45) is 5.73 Å². The van der Waals surface area contributed by atoms with Gasteiger partial charge in [-0.05, 0) is 42.8 Å². The minimum atomic E-state index is -1.92. The van der Waals surface area contributed by atoms with Gasteiger partial charge in [-0.25, -0.2) is 0 Å². The van der Waals surface area contributed by atoms with Gasteiger partial charge in [0.05, 0.1) is 18.0 Å². The number of carboxylic acids is 1. The zero-order valence-electron chi connectivity index (χ0n) is 21.0. The zero-order valence-corrected chi connectivity index (χ0v) is 23.5. The molecule has 5 N–H and O–H groups in total. The predicted octanol–water partition coefficient (Wildman–Crippen LogP) is 2.40. The van der Waals surface area contributed by atoms with E-state index in [9.17, 15) is 14.4 Å². The van der Waals surface area contributed by atoms with Crippen LogP contribution in [0.1, 0.15) is 6.42 Å². The van der Waals surface area contributed by atoms with Crippen molar-refractivity contribution < 1.29 is 19.5 Å². The Labute approximate surface area is 232 Å². The molecule has 3 aromatic rings. The summed E-state index contributed by atoms with van der Waals surface area (Å²) in [5, 5.41) is 17.8. The Morgan fingerprint density at radius 2 is 1.29 bits per heavy atom. The Bertz CT molecular complexity index is 1070. The highest BCUT2D eigenvalue weighted by molar-refractivity contribution is 8.76. The fourth-order valence-electron chi connectivity index (χ4n) is 4.06. The lowest BCUT2D eigenvalue weighted by Crippen LogP contribution is -2.43. The van der Waals surface area contributed by atoms with Gasteiger partial charge >= 0.3 is 5.97 Å². The average molecular weight is 571 g/mol. The summed E-state index contributed by atoms with van der Waals surface area (Å²) in [5.74, 6) is -1.20. The molecule has 0 radical (unpaired) electrons. The number of carbonyl (C=O) groups is 3. The van der Waals surface area contributed by atoms with Gasteiger partial charge in [-0.2, -0.15) is 0 Å². The van der Waals surface area contributed by atoms with Crippen LogP contribution in [-0.4, -0.2) is 59.7 Å². The van der Waals surface area contributed by atoms with Crippen molar-refractivity contribution in [3.05, 3.63) is 91.0 Å². The fourth-order valence-corrected chi connectivity index (χ4v) is 10.4. The van der Waals surface area contributed by atoms with Crippen LogP contribution in [0.3, 0.4) is 0 Å². The van der Waals surface area contributed by atoms with Crippen molar-refractivity contribution in [2.75, 3.05) is 30.8 Å². The molecule has 0 aliphatic carbocycles. The van der Waals surface area contributed by atoms with Crippen molar-refractivity contribution in [3.8, 4) is 0 Å². The van der Waals surface area contributed by atoms with E-state index in [1.807, 2.05) is 18.2 Å². The SMILES string of the molecule is N[C@@H](CSSCC(=O)NCCC[P+](c1ccccc1)(c1ccccc1)c1ccccc1)C(=O)NCC(=O)O. The molecule has 0 saturated carbocycles. The Kier molecular flexibility index (Phi) is 12.2. The summed E-state index contributed by atoms with van der Waals surface area (Å²) >= 11 is 0. The van der Waals surface area contributed by atoms with E-state index in [2.05, 4.69) is 83.4 Å². The monoisotopic (exact) mass is 570 g/mol. The van der Waals surface area contributed by atoms with Crippen LogP contribution in [-0.2, 0) is 14.4 Å². The van der Waals surface area contributed by atoms with Gasteiger partial charge in [-0.3, -0.25) is 14.4 Å². The van der Waals surface area contributed by atoms with E-state index in [0.717, 1.165) is 12.6 Å². The lowest BCUT2D eigenvalue weighted by molar-refractivity contribution is -0.138. The summed E-state index contributed by atoms with van der Waals surface area (Å²) in [6.07, 6.45) is 1.75. The third-order valence-corrected chi connectivity index (χ3v) is 12.7. The van der Waals surface area contributed by atoms with E-state index < -0.39 is 31.7 Å². The highest BCUT2D eigenvalue weighted by Crippen LogP contribution is 2.55. The first-order valence-corrected chi connectivity index (χ1v) is 16.7. The zero-order chi connectivity index (χ0) is 27.2. The van der Waals surface area contributed by atoms with Crippen molar-refractivity contribution in [1.29, 1.82) is 0 Å². The van der Waals surface area contributed by atoms with Gasteiger partial charge in [0, 0.05) is 12.3 Å². The summed E-state index contributed by atoms with van der Waals surface area (Å²) in [6.45, 7) is 0.102. The van der Waals surface area contributed by atoms with E-state index in [1.165, 1.54) is 37.5 Å². The quantitative estimate of drug-likeness (QED) is 0.126. The molecule has 3 rings (SSSR count). The number of carboxylic acid groups (broad SMARTS) is 1. The van der Waals surface area contributed by atoms with Crippen molar-refractivity contribution in [1.82, 2.24) is 10.6 Å². The molecule has 0 aliphatic heterocycles. The Morgan fingerprint density at radius 3 is 1.76 bits per heavy atom. The maximum atomic E-state index is 12.4. The summed E-state index contributed by atoms with van der Waals surface area (Å²) < 4.78 is 0. The average Bonchev–Trinajstić information content (AvgIpc) is 2.95. The van der Waals surface area contributed by atoms with Crippen LogP contribution in [0.5, 0.6) is 0 Å². The van der Waals surface area contributed by atoms with Crippen LogP contribution in [0.2, 0.25) is 0 Å². The number of amides is 2.